The molecule has 0 bridgehead atoms. The molecule has 0 aliphatic rings. The Hall–Kier alpha value is -4.08. The summed E-state index contributed by atoms with van der Waals surface area (Å²) in [5, 5.41) is 7.51. The van der Waals surface area contributed by atoms with Crippen LogP contribution in [0.3, 0.4) is 0 Å². The molecule has 3 heteroatoms. The van der Waals surface area contributed by atoms with Crippen molar-refractivity contribution >= 4 is 75.3 Å². The van der Waals surface area contributed by atoms with Gasteiger partial charge < -0.3 is 8.98 Å². The van der Waals surface area contributed by atoms with Crippen molar-refractivity contribution in [2.75, 3.05) is 0 Å². The maximum absolute atomic E-state index is 6.22. The van der Waals surface area contributed by atoms with Crippen molar-refractivity contribution in [3.05, 3.63) is 103 Å². The molecule has 2 nitrogen and oxygen atoms in total. The smallest absolute Gasteiger partial charge is 0.137 e. The van der Waals surface area contributed by atoms with Crippen molar-refractivity contribution in [3.8, 4) is 5.69 Å². The molecular formula is C30H17NOS. The number of aromatic nitrogens is 1. The Bertz CT molecular complexity index is 2040. The van der Waals surface area contributed by atoms with E-state index in [2.05, 4.69) is 95.6 Å². The molecule has 3 aromatic heterocycles. The molecule has 8 rings (SSSR count). The largest absolute Gasteiger partial charge is 0.456 e. The second-order valence-corrected chi connectivity index (χ2v) is 9.65. The molecule has 0 aliphatic heterocycles. The van der Waals surface area contributed by atoms with Gasteiger partial charge in [0.05, 0.1) is 22.1 Å². The molecule has 0 fully saturated rings. The minimum absolute atomic E-state index is 0.918. The van der Waals surface area contributed by atoms with Crippen LogP contribution in [-0.2, 0) is 0 Å². The molecule has 154 valence electrons. The van der Waals surface area contributed by atoms with Crippen molar-refractivity contribution in [3.63, 3.8) is 0 Å². The van der Waals surface area contributed by atoms with Crippen molar-refractivity contribution in [2.24, 2.45) is 0 Å². The van der Waals surface area contributed by atoms with E-state index in [-0.39, 0.29) is 0 Å². The molecule has 5 aromatic carbocycles. The maximum Gasteiger partial charge on any atom is 0.137 e. The molecule has 33 heavy (non-hydrogen) atoms. The summed E-state index contributed by atoms with van der Waals surface area (Å²) in [6.07, 6.45) is 0. The van der Waals surface area contributed by atoms with Crippen molar-refractivity contribution in [2.45, 2.75) is 0 Å². The molecule has 0 amide bonds. The molecular weight excluding hydrogens is 422 g/mol. The number of para-hydroxylation sites is 2. The Labute approximate surface area is 192 Å². The maximum atomic E-state index is 6.22. The fourth-order valence-corrected chi connectivity index (χ4v) is 6.52. The predicted octanol–water partition coefficient (Wildman–Crippen LogP) is 9.05. The van der Waals surface area contributed by atoms with Crippen LogP contribution in [0.2, 0.25) is 0 Å². The van der Waals surface area contributed by atoms with Gasteiger partial charge in [-0.25, -0.2) is 0 Å². The number of nitrogens with zero attached hydrogens (tertiary/aromatic N) is 1. The summed E-state index contributed by atoms with van der Waals surface area (Å²) in [6.45, 7) is 0. The minimum Gasteiger partial charge on any atom is -0.456 e. The molecule has 0 saturated heterocycles. The molecule has 0 atom stereocenters. The van der Waals surface area contributed by atoms with E-state index in [1.807, 2.05) is 23.5 Å². The number of thiophene rings is 1. The average Bonchev–Trinajstić information content (AvgIpc) is 3.52. The van der Waals surface area contributed by atoms with Crippen molar-refractivity contribution in [1.82, 2.24) is 4.57 Å². The summed E-state index contributed by atoms with van der Waals surface area (Å²) in [4.78, 5) is 0. The van der Waals surface area contributed by atoms with Gasteiger partial charge in [-0.15, -0.1) is 11.3 Å². The highest BCUT2D eigenvalue weighted by atomic mass is 32.1. The Morgan fingerprint density at radius 2 is 1.27 bits per heavy atom. The van der Waals surface area contributed by atoms with Gasteiger partial charge in [-0.2, -0.15) is 0 Å². The van der Waals surface area contributed by atoms with E-state index in [4.69, 9.17) is 4.42 Å². The SMILES string of the molecule is c1ccc2c(c1)oc1cccc(-n3c4ccccc4c4cc5sc6ccccc6c5cc43)c12. The molecule has 3 heterocycles. The number of hydrogen-bond donors (Lipinski definition) is 0. The van der Waals surface area contributed by atoms with Gasteiger partial charge in [0.25, 0.3) is 0 Å². The lowest BCUT2D eigenvalue weighted by atomic mass is 10.1. The summed E-state index contributed by atoms with van der Waals surface area (Å²) in [5.74, 6) is 0. The predicted molar refractivity (Wildman–Crippen MR) is 141 cm³/mol. The number of rotatable bonds is 1. The number of benzene rings is 5. The van der Waals surface area contributed by atoms with E-state index in [1.165, 1.54) is 42.0 Å². The molecule has 8 aromatic rings. The Kier molecular flexibility index (Phi) is 3.31. The van der Waals surface area contributed by atoms with Crippen LogP contribution >= 0.6 is 11.3 Å². The molecule has 0 spiro atoms. The first-order chi connectivity index (χ1) is 16.4. The van der Waals surface area contributed by atoms with Gasteiger partial charge >= 0.3 is 0 Å². The number of furan rings is 1. The van der Waals surface area contributed by atoms with Gasteiger partial charge in [-0.05, 0) is 42.5 Å². The summed E-state index contributed by atoms with van der Waals surface area (Å²) in [7, 11) is 0. The van der Waals surface area contributed by atoms with Gasteiger partial charge in [0.2, 0.25) is 0 Å². The zero-order chi connectivity index (χ0) is 21.5. The van der Waals surface area contributed by atoms with Crippen molar-refractivity contribution < 1.29 is 4.42 Å². The number of fused-ring (bicyclic) bond motifs is 9. The fourth-order valence-electron chi connectivity index (χ4n) is 5.39. The first-order valence-corrected chi connectivity index (χ1v) is 11.9. The van der Waals surface area contributed by atoms with Crippen LogP contribution in [0.25, 0.3) is 69.6 Å². The van der Waals surface area contributed by atoms with Gasteiger partial charge in [0.15, 0.2) is 0 Å². The zero-order valence-corrected chi connectivity index (χ0v) is 18.4. The summed E-state index contributed by atoms with van der Waals surface area (Å²) in [6, 6.07) is 36.9. The lowest BCUT2D eigenvalue weighted by molar-refractivity contribution is 0.669. The van der Waals surface area contributed by atoms with Gasteiger partial charge in [0.1, 0.15) is 11.2 Å². The van der Waals surface area contributed by atoms with Crippen LogP contribution < -0.4 is 0 Å². The first kappa shape index (κ1) is 17.5. The molecule has 0 aliphatic carbocycles. The van der Waals surface area contributed by atoms with E-state index >= 15 is 0 Å². The third kappa shape index (κ3) is 2.27. The van der Waals surface area contributed by atoms with E-state index in [0.29, 0.717) is 0 Å². The highest BCUT2D eigenvalue weighted by molar-refractivity contribution is 7.25. The lowest BCUT2D eigenvalue weighted by Crippen LogP contribution is -1.94. The van der Waals surface area contributed by atoms with Crippen LogP contribution in [0.15, 0.2) is 108 Å². The van der Waals surface area contributed by atoms with E-state index < -0.39 is 0 Å². The summed E-state index contributed by atoms with van der Waals surface area (Å²) < 4.78 is 11.3. The van der Waals surface area contributed by atoms with Gasteiger partial charge in [-0.3, -0.25) is 0 Å². The second kappa shape index (κ2) is 6.25. The van der Waals surface area contributed by atoms with Crippen LogP contribution in [0, 0.1) is 0 Å². The summed E-state index contributed by atoms with van der Waals surface area (Å²) >= 11 is 1.87. The van der Waals surface area contributed by atoms with Gasteiger partial charge in [0, 0.05) is 36.3 Å². The highest BCUT2D eigenvalue weighted by Gasteiger charge is 2.18. The monoisotopic (exact) mass is 439 g/mol. The minimum atomic E-state index is 0.918. The third-order valence-electron chi connectivity index (χ3n) is 6.79. The Morgan fingerprint density at radius 3 is 2.21 bits per heavy atom. The zero-order valence-electron chi connectivity index (χ0n) is 17.6. The van der Waals surface area contributed by atoms with Crippen LogP contribution in [-0.4, -0.2) is 4.57 Å². The topological polar surface area (TPSA) is 18.1 Å². The second-order valence-electron chi connectivity index (χ2n) is 8.56. The Balaban J connectivity index is 1.61. The van der Waals surface area contributed by atoms with E-state index in [1.54, 1.807) is 0 Å². The van der Waals surface area contributed by atoms with Crippen LogP contribution in [0.4, 0.5) is 0 Å². The van der Waals surface area contributed by atoms with Crippen LogP contribution in [0.5, 0.6) is 0 Å². The fraction of sp³-hybridized carbons (Fsp3) is 0. The van der Waals surface area contributed by atoms with Crippen LogP contribution in [0.1, 0.15) is 0 Å². The van der Waals surface area contributed by atoms with Gasteiger partial charge in [-0.1, -0.05) is 60.7 Å². The van der Waals surface area contributed by atoms with E-state index in [9.17, 15) is 0 Å². The Morgan fingerprint density at radius 1 is 0.515 bits per heavy atom. The normalized spacial score (nSPS) is 12.2. The average molecular weight is 440 g/mol. The molecule has 0 radical (unpaired) electrons. The molecule has 0 saturated carbocycles. The standard InChI is InChI=1S/C30H17NOS/c1-4-11-23-18(8-1)21-17-29-22(19-9-3-6-15-28(19)33-29)16-25(21)31(23)24-12-7-14-27-30(24)20-10-2-5-13-26(20)32-27/h1-17H. The quantitative estimate of drug-likeness (QED) is 0.249. The number of hydrogen-bond acceptors (Lipinski definition) is 2. The highest BCUT2D eigenvalue weighted by Crippen LogP contribution is 2.42. The molecule has 0 unspecified atom stereocenters. The molecule has 0 N–H and O–H groups in total. The first-order valence-electron chi connectivity index (χ1n) is 11.1. The van der Waals surface area contributed by atoms with Crippen molar-refractivity contribution in [1.29, 1.82) is 0 Å². The lowest BCUT2D eigenvalue weighted by Gasteiger charge is -2.09. The third-order valence-corrected chi connectivity index (χ3v) is 7.93. The summed E-state index contributed by atoms with van der Waals surface area (Å²) in [5.41, 5.74) is 5.44. The van der Waals surface area contributed by atoms with E-state index in [0.717, 1.165) is 27.6 Å².